The third-order valence-electron chi connectivity index (χ3n) is 3.70. The van der Waals surface area contributed by atoms with Crippen LogP contribution in [-0.2, 0) is 11.4 Å². The Morgan fingerprint density at radius 1 is 1.35 bits per heavy atom. The van der Waals surface area contributed by atoms with E-state index in [1.807, 2.05) is 0 Å². The predicted octanol–water partition coefficient (Wildman–Crippen LogP) is 2.32. The molecule has 0 saturated carbocycles. The minimum Gasteiger partial charge on any atom is -0.297 e. The number of rotatable bonds is 4. The SMILES string of the molecule is CC(C)(ON)C1CCCN1Cc1ccccc1. The molecule has 0 amide bonds. The second-order valence-corrected chi connectivity index (χ2v) is 5.34. The standard InChI is InChI=1S/C14H22N2O/c1-14(2,17-15)13-9-6-10-16(13)11-12-7-4-3-5-8-12/h3-5,7-8,13H,6,9-11,15H2,1-2H3. The van der Waals surface area contributed by atoms with Gasteiger partial charge in [0.15, 0.2) is 0 Å². The zero-order valence-corrected chi connectivity index (χ0v) is 10.7. The number of nitrogens with two attached hydrogens (primary N) is 1. The Labute approximate surface area is 104 Å². The molecule has 2 N–H and O–H groups in total. The number of nitrogens with zero attached hydrogens (tertiary/aromatic N) is 1. The zero-order chi connectivity index (χ0) is 12.3. The van der Waals surface area contributed by atoms with Crippen LogP contribution < -0.4 is 5.90 Å². The van der Waals surface area contributed by atoms with E-state index in [9.17, 15) is 0 Å². The zero-order valence-electron chi connectivity index (χ0n) is 10.7. The van der Waals surface area contributed by atoms with Crippen molar-refractivity contribution in [2.24, 2.45) is 5.90 Å². The molecule has 94 valence electrons. The first-order valence-electron chi connectivity index (χ1n) is 6.29. The fraction of sp³-hybridized carbons (Fsp3) is 0.571. The van der Waals surface area contributed by atoms with E-state index in [1.165, 1.54) is 12.0 Å². The van der Waals surface area contributed by atoms with Gasteiger partial charge in [-0.25, -0.2) is 5.90 Å². The van der Waals surface area contributed by atoms with Crippen LogP contribution in [0.2, 0.25) is 0 Å². The number of likely N-dealkylation sites (tertiary alicyclic amines) is 1. The highest BCUT2D eigenvalue weighted by Gasteiger charge is 2.37. The van der Waals surface area contributed by atoms with Crippen LogP contribution in [0.5, 0.6) is 0 Å². The van der Waals surface area contributed by atoms with Gasteiger partial charge in [-0.05, 0) is 38.8 Å². The largest absolute Gasteiger partial charge is 0.297 e. The molecule has 1 aromatic carbocycles. The molecular formula is C14H22N2O. The third-order valence-corrected chi connectivity index (χ3v) is 3.70. The van der Waals surface area contributed by atoms with Crippen LogP contribution in [0, 0.1) is 0 Å². The van der Waals surface area contributed by atoms with Gasteiger partial charge in [0.25, 0.3) is 0 Å². The monoisotopic (exact) mass is 234 g/mol. The molecule has 1 aromatic rings. The smallest absolute Gasteiger partial charge is 0.0992 e. The summed E-state index contributed by atoms with van der Waals surface area (Å²) in [6.07, 6.45) is 2.39. The van der Waals surface area contributed by atoms with Gasteiger partial charge < -0.3 is 0 Å². The molecule has 0 aromatic heterocycles. The molecule has 1 atom stereocenters. The van der Waals surface area contributed by atoms with Gasteiger partial charge in [0.05, 0.1) is 5.60 Å². The molecule has 1 aliphatic rings. The Morgan fingerprint density at radius 3 is 2.71 bits per heavy atom. The molecule has 3 nitrogen and oxygen atoms in total. The van der Waals surface area contributed by atoms with E-state index >= 15 is 0 Å². The Balaban J connectivity index is 2.06. The minimum atomic E-state index is -0.273. The van der Waals surface area contributed by atoms with Crippen LogP contribution >= 0.6 is 0 Å². The highest BCUT2D eigenvalue weighted by molar-refractivity contribution is 5.15. The van der Waals surface area contributed by atoms with Gasteiger partial charge in [0.1, 0.15) is 0 Å². The molecule has 1 unspecified atom stereocenters. The van der Waals surface area contributed by atoms with E-state index in [0.29, 0.717) is 6.04 Å². The molecule has 0 aliphatic carbocycles. The molecule has 1 saturated heterocycles. The number of hydrogen-bond acceptors (Lipinski definition) is 3. The Kier molecular flexibility index (Phi) is 3.82. The molecule has 0 spiro atoms. The van der Waals surface area contributed by atoms with Gasteiger partial charge in [-0.3, -0.25) is 9.74 Å². The summed E-state index contributed by atoms with van der Waals surface area (Å²) >= 11 is 0. The van der Waals surface area contributed by atoms with E-state index in [4.69, 9.17) is 10.7 Å². The second kappa shape index (κ2) is 5.17. The summed E-state index contributed by atoms with van der Waals surface area (Å²) in [6, 6.07) is 11.0. The van der Waals surface area contributed by atoms with Gasteiger partial charge in [0.2, 0.25) is 0 Å². The van der Waals surface area contributed by atoms with Gasteiger partial charge in [-0.2, -0.15) is 0 Å². The summed E-state index contributed by atoms with van der Waals surface area (Å²) < 4.78 is 0. The number of benzene rings is 1. The van der Waals surface area contributed by atoms with E-state index in [0.717, 1.165) is 19.5 Å². The van der Waals surface area contributed by atoms with Crippen molar-refractivity contribution in [1.82, 2.24) is 4.90 Å². The van der Waals surface area contributed by atoms with Crippen molar-refractivity contribution in [2.45, 2.75) is 44.9 Å². The molecule has 1 aliphatic heterocycles. The maximum Gasteiger partial charge on any atom is 0.0992 e. The Bertz CT molecular complexity index is 350. The fourth-order valence-corrected chi connectivity index (χ4v) is 2.70. The van der Waals surface area contributed by atoms with E-state index in [1.54, 1.807) is 0 Å². The van der Waals surface area contributed by atoms with Gasteiger partial charge in [-0.15, -0.1) is 0 Å². The van der Waals surface area contributed by atoms with Crippen molar-refractivity contribution >= 4 is 0 Å². The lowest BCUT2D eigenvalue weighted by molar-refractivity contribution is -0.0726. The van der Waals surface area contributed by atoms with E-state index in [-0.39, 0.29) is 5.60 Å². The van der Waals surface area contributed by atoms with Crippen molar-refractivity contribution in [3.63, 3.8) is 0 Å². The quantitative estimate of drug-likeness (QED) is 0.813. The molecule has 0 bridgehead atoms. The van der Waals surface area contributed by atoms with Crippen molar-refractivity contribution in [3.05, 3.63) is 35.9 Å². The van der Waals surface area contributed by atoms with Gasteiger partial charge in [-0.1, -0.05) is 30.3 Å². The summed E-state index contributed by atoms with van der Waals surface area (Å²) in [4.78, 5) is 7.62. The van der Waals surface area contributed by atoms with Crippen molar-refractivity contribution in [3.8, 4) is 0 Å². The normalized spacial score (nSPS) is 21.9. The van der Waals surface area contributed by atoms with E-state index < -0.39 is 0 Å². The van der Waals surface area contributed by atoms with Crippen LogP contribution in [0.3, 0.4) is 0 Å². The first-order chi connectivity index (χ1) is 8.13. The van der Waals surface area contributed by atoms with Gasteiger partial charge >= 0.3 is 0 Å². The van der Waals surface area contributed by atoms with Crippen LogP contribution in [0.4, 0.5) is 0 Å². The molecule has 1 fully saturated rings. The lowest BCUT2D eigenvalue weighted by Crippen LogP contribution is -2.48. The summed E-state index contributed by atoms with van der Waals surface area (Å²) in [5, 5.41) is 0. The molecule has 3 heteroatoms. The maximum atomic E-state index is 5.42. The Morgan fingerprint density at radius 2 is 2.06 bits per heavy atom. The minimum absolute atomic E-state index is 0.273. The second-order valence-electron chi connectivity index (χ2n) is 5.34. The van der Waals surface area contributed by atoms with Crippen molar-refractivity contribution in [1.29, 1.82) is 0 Å². The summed E-state index contributed by atoms with van der Waals surface area (Å²) in [5.41, 5.74) is 1.08. The molecule has 17 heavy (non-hydrogen) atoms. The number of hydrogen-bond donors (Lipinski definition) is 1. The topological polar surface area (TPSA) is 38.5 Å². The van der Waals surface area contributed by atoms with E-state index in [2.05, 4.69) is 49.1 Å². The molecule has 2 rings (SSSR count). The third kappa shape index (κ3) is 2.86. The predicted molar refractivity (Wildman–Crippen MR) is 69.2 cm³/mol. The lowest BCUT2D eigenvalue weighted by Gasteiger charge is -2.36. The van der Waals surface area contributed by atoms with Crippen molar-refractivity contribution in [2.75, 3.05) is 6.54 Å². The first-order valence-corrected chi connectivity index (χ1v) is 6.29. The molecular weight excluding hydrogens is 212 g/mol. The molecule has 0 radical (unpaired) electrons. The highest BCUT2D eigenvalue weighted by atomic mass is 16.6. The fourth-order valence-electron chi connectivity index (χ4n) is 2.70. The van der Waals surface area contributed by atoms with Crippen molar-refractivity contribution < 1.29 is 4.84 Å². The lowest BCUT2D eigenvalue weighted by atomic mass is 9.96. The average molecular weight is 234 g/mol. The first kappa shape index (κ1) is 12.6. The average Bonchev–Trinajstić information content (AvgIpc) is 2.79. The van der Waals surface area contributed by atoms with Crippen LogP contribution in [0.25, 0.3) is 0 Å². The summed E-state index contributed by atoms with van der Waals surface area (Å²) in [5.74, 6) is 5.42. The van der Waals surface area contributed by atoms with Crippen LogP contribution in [0.15, 0.2) is 30.3 Å². The highest BCUT2D eigenvalue weighted by Crippen LogP contribution is 2.29. The van der Waals surface area contributed by atoms with Crippen LogP contribution in [0.1, 0.15) is 32.3 Å². The van der Waals surface area contributed by atoms with Gasteiger partial charge in [0, 0.05) is 12.6 Å². The van der Waals surface area contributed by atoms with Crippen LogP contribution in [-0.4, -0.2) is 23.1 Å². The Hall–Kier alpha value is -0.900. The maximum absolute atomic E-state index is 5.42. The molecule has 1 heterocycles. The summed E-state index contributed by atoms with van der Waals surface area (Å²) in [6.45, 7) is 6.26. The summed E-state index contributed by atoms with van der Waals surface area (Å²) in [7, 11) is 0.